The van der Waals surface area contributed by atoms with E-state index in [1.54, 1.807) is 25.4 Å². The number of rotatable bonds is 9. The molecule has 2 N–H and O–H groups in total. The first-order chi connectivity index (χ1) is 11.7. The van der Waals surface area contributed by atoms with Gasteiger partial charge < -0.3 is 15.4 Å². The zero-order valence-corrected chi connectivity index (χ0v) is 14.3. The molecule has 0 unspecified atom stereocenters. The van der Waals surface area contributed by atoms with Crippen molar-refractivity contribution in [1.82, 2.24) is 10.3 Å². The van der Waals surface area contributed by atoms with Gasteiger partial charge in [0.2, 0.25) is 0 Å². The summed E-state index contributed by atoms with van der Waals surface area (Å²) in [6.07, 6.45) is 4.58. The molecule has 5 heteroatoms. The van der Waals surface area contributed by atoms with Crippen molar-refractivity contribution in [2.75, 3.05) is 25.5 Å². The minimum absolute atomic E-state index is 0.0918. The Bertz CT molecular complexity index is 659. The van der Waals surface area contributed by atoms with Gasteiger partial charge in [-0.1, -0.05) is 31.5 Å². The molecule has 0 saturated heterocycles. The summed E-state index contributed by atoms with van der Waals surface area (Å²) in [6.45, 7) is 3.56. The van der Waals surface area contributed by atoms with E-state index in [2.05, 4.69) is 22.5 Å². The Morgan fingerprint density at radius 3 is 2.83 bits per heavy atom. The number of methoxy groups -OCH3 is 1. The van der Waals surface area contributed by atoms with Crippen molar-refractivity contribution in [2.24, 2.45) is 0 Å². The molecule has 1 aromatic heterocycles. The molecule has 2 rings (SSSR count). The molecule has 24 heavy (non-hydrogen) atoms. The molecule has 0 aliphatic rings. The Balaban J connectivity index is 1.87. The number of ether oxygens (including phenoxy) is 1. The maximum absolute atomic E-state index is 12.3. The number of nitrogens with zero attached hydrogens (tertiary/aromatic N) is 1. The van der Waals surface area contributed by atoms with E-state index in [-0.39, 0.29) is 5.91 Å². The average Bonchev–Trinajstić information content (AvgIpc) is 2.62. The number of hydrogen-bond acceptors (Lipinski definition) is 4. The van der Waals surface area contributed by atoms with E-state index in [1.807, 2.05) is 24.3 Å². The lowest BCUT2D eigenvalue weighted by molar-refractivity contribution is 0.0954. The van der Waals surface area contributed by atoms with Crippen LogP contribution in [0.2, 0.25) is 0 Å². The van der Waals surface area contributed by atoms with Gasteiger partial charge in [0.25, 0.3) is 5.91 Å². The highest BCUT2D eigenvalue weighted by molar-refractivity contribution is 5.94. The van der Waals surface area contributed by atoms with Crippen molar-refractivity contribution in [3.05, 3.63) is 53.7 Å². The van der Waals surface area contributed by atoms with E-state index in [0.29, 0.717) is 12.1 Å². The molecule has 0 aliphatic heterocycles. The molecule has 128 valence electrons. The lowest BCUT2D eigenvalue weighted by atomic mass is 10.1. The van der Waals surface area contributed by atoms with Crippen molar-refractivity contribution >= 4 is 11.7 Å². The molecular weight excluding hydrogens is 302 g/mol. The number of nitrogens with one attached hydrogen (secondary N) is 2. The van der Waals surface area contributed by atoms with Crippen LogP contribution in [0.1, 0.15) is 35.7 Å². The Kier molecular flexibility index (Phi) is 7.08. The van der Waals surface area contributed by atoms with Gasteiger partial charge in [-0.25, -0.2) is 4.98 Å². The number of carbonyl (C=O) groups excluding carboxylic acids is 1. The molecule has 5 nitrogen and oxygen atoms in total. The van der Waals surface area contributed by atoms with Crippen LogP contribution in [0.25, 0.3) is 0 Å². The van der Waals surface area contributed by atoms with E-state index >= 15 is 0 Å². The third-order valence-electron chi connectivity index (χ3n) is 3.73. The number of para-hydroxylation sites is 1. The number of aromatic nitrogens is 1. The second-order valence-corrected chi connectivity index (χ2v) is 5.53. The molecule has 0 radical (unpaired) electrons. The van der Waals surface area contributed by atoms with E-state index in [1.165, 1.54) is 0 Å². The van der Waals surface area contributed by atoms with Gasteiger partial charge in [-0.05, 0) is 36.6 Å². The quantitative estimate of drug-likeness (QED) is 0.694. The van der Waals surface area contributed by atoms with E-state index in [0.717, 1.165) is 42.9 Å². The number of hydrogen-bond donors (Lipinski definition) is 2. The highest BCUT2D eigenvalue weighted by Gasteiger charge is 2.07. The van der Waals surface area contributed by atoms with Crippen LogP contribution in [-0.4, -0.2) is 31.1 Å². The predicted molar refractivity (Wildman–Crippen MR) is 96.7 cm³/mol. The number of unbranched alkanes of at least 4 members (excludes halogenated alkanes) is 1. The third kappa shape index (κ3) is 5.26. The zero-order valence-electron chi connectivity index (χ0n) is 14.3. The number of pyridine rings is 1. The fraction of sp³-hybridized carbons (Fsp3) is 0.368. The van der Waals surface area contributed by atoms with Crippen LogP contribution < -0.4 is 15.4 Å². The molecule has 1 aromatic carbocycles. The smallest absolute Gasteiger partial charge is 0.251 e. The minimum atomic E-state index is -0.0918. The van der Waals surface area contributed by atoms with Crippen LogP contribution in [0, 0.1) is 0 Å². The van der Waals surface area contributed by atoms with Gasteiger partial charge in [0.15, 0.2) is 0 Å². The van der Waals surface area contributed by atoms with Crippen molar-refractivity contribution in [2.45, 2.75) is 26.2 Å². The van der Waals surface area contributed by atoms with Gasteiger partial charge in [0.1, 0.15) is 11.6 Å². The molecule has 2 aromatic rings. The van der Waals surface area contributed by atoms with Gasteiger partial charge in [0.05, 0.1) is 7.11 Å². The summed E-state index contributed by atoms with van der Waals surface area (Å²) in [4.78, 5) is 16.5. The van der Waals surface area contributed by atoms with Crippen LogP contribution in [-0.2, 0) is 6.42 Å². The Morgan fingerprint density at radius 1 is 1.21 bits per heavy atom. The van der Waals surface area contributed by atoms with Crippen molar-refractivity contribution in [1.29, 1.82) is 0 Å². The van der Waals surface area contributed by atoms with Gasteiger partial charge >= 0.3 is 0 Å². The lowest BCUT2D eigenvalue weighted by Gasteiger charge is -2.10. The van der Waals surface area contributed by atoms with Crippen LogP contribution in [0.4, 0.5) is 5.82 Å². The molecule has 0 aliphatic carbocycles. The van der Waals surface area contributed by atoms with Crippen LogP contribution in [0.3, 0.4) is 0 Å². The predicted octanol–water partition coefficient (Wildman–Crippen LogP) is 3.27. The maximum Gasteiger partial charge on any atom is 0.251 e. The van der Waals surface area contributed by atoms with Gasteiger partial charge in [-0.15, -0.1) is 0 Å². The first-order valence-electron chi connectivity index (χ1n) is 8.34. The minimum Gasteiger partial charge on any atom is -0.496 e. The van der Waals surface area contributed by atoms with Crippen molar-refractivity contribution in [3.63, 3.8) is 0 Å². The van der Waals surface area contributed by atoms with Crippen LogP contribution in [0.5, 0.6) is 5.75 Å². The summed E-state index contributed by atoms with van der Waals surface area (Å²) in [5.74, 6) is 1.49. The summed E-state index contributed by atoms with van der Waals surface area (Å²) in [7, 11) is 1.65. The fourth-order valence-corrected chi connectivity index (χ4v) is 2.38. The highest BCUT2D eigenvalue weighted by Crippen LogP contribution is 2.17. The van der Waals surface area contributed by atoms with E-state index in [9.17, 15) is 4.79 Å². The Labute approximate surface area is 143 Å². The Hall–Kier alpha value is -2.56. The largest absolute Gasteiger partial charge is 0.496 e. The second-order valence-electron chi connectivity index (χ2n) is 5.53. The topological polar surface area (TPSA) is 63.2 Å². The summed E-state index contributed by atoms with van der Waals surface area (Å²) < 4.78 is 5.32. The van der Waals surface area contributed by atoms with Gasteiger partial charge in [-0.3, -0.25) is 4.79 Å². The van der Waals surface area contributed by atoms with Gasteiger partial charge in [0, 0.05) is 24.8 Å². The summed E-state index contributed by atoms with van der Waals surface area (Å²) in [5, 5.41) is 6.17. The summed E-state index contributed by atoms with van der Waals surface area (Å²) in [6, 6.07) is 11.3. The van der Waals surface area contributed by atoms with Crippen molar-refractivity contribution < 1.29 is 9.53 Å². The molecular formula is C19H25N3O2. The van der Waals surface area contributed by atoms with Gasteiger partial charge in [-0.2, -0.15) is 0 Å². The Morgan fingerprint density at radius 2 is 2.04 bits per heavy atom. The molecule has 0 bridgehead atoms. The summed E-state index contributed by atoms with van der Waals surface area (Å²) >= 11 is 0. The van der Waals surface area contributed by atoms with E-state index < -0.39 is 0 Å². The van der Waals surface area contributed by atoms with Crippen LogP contribution >= 0.6 is 0 Å². The summed E-state index contributed by atoms with van der Waals surface area (Å²) in [5.41, 5.74) is 1.70. The molecule has 1 heterocycles. The first-order valence-corrected chi connectivity index (χ1v) is 8.34. The normalized spacial score (nSPS) is 10.2. The lowest BCUT2D eigenvalue weighted by Crippen LogP contribution is -2.26. The maximum atomic E-state index is 12.3. The number of carbonyl (C=O) groups is 1. The molecule has 0 spiro atoms. The molecule has 0 atom stereocenters. The monoisotopic (exact) mass is 327 g/mol. The standard InChI is InChI=1S/C19H25N3O2/c1-3-4-11-20-18-14-16(10-12-21-18)19(23)22-13-9-15-7-5-6-8-17(15)24-2/h5-8,10,12,14H,3-4,9,11,13H2,1-2H3,(H,20,21)(H,22,23). The SMILES string of the molecule is CCCCNc1cc(C(=O)NCCc2ccccc2OC)ccn1. The third-order valence-corrected chi connectivity index (χ3v) is 3.73. The zero-order chi connectivity index (χ0) is 17.2. The fourth-order valence-electron chi connectivity index (χ4n) is 2.38. The van der Waals surface area contributed by atoms with Crippen molar-refractivity contribution in [3.8, 4) is 5.75 Å². The molecule has 0 fully saturated rings. The molecule has 1 amide bonds. The molecule has 0 saturated carbocycles. The number of anilines is 1. The number of amides is 1. The van der Waals surface area contributed by atoms with Crippen LogP contribution in [0.15, 0.2) is 42.6 Å². The first kappa shape index (κ1) is 17.8. The number of benzene rings is 1. The van der Waals surface area contributed by atoms with E-state index in [4.69, 9.17) is 4.74 Å². The second kappa shape index (κ2) is 9.55. The highest BCUT2D eigenvalue weighted by atomic mass is 16.5. The average molecular weight is 327 g/mol.